The Morgan fingerprint density at radius 2 is 2.20 bits per heavy atom. The summed E-state index contributed by atoms with van der Waals surface area (Å²) >= 11 is 0. The van der Waals surface area contributed by atoms with Gasteiger partial charge in [-0.2, -0.15) is 5.10 Å². The molecule has 0 spiro atoms. The fourth-order valence-electron chi connectivity index (χ4n) is 3.28. The van der Waals surface area contributed by atoms with Gasteiger partial charge in [-0.3, -0.25) is 4.68 Å². The Hall–Kier alpha value is -1.62. The van der Waals surface area contributed by atoms with Gasteiger partial charge in [0.1, 0.15) is 0 Å². The summed E-state index contributed by atoms with van der Waals surface area (Å²) in [7, 11) is 1.93. The lowest BCUT2D eigenvalue weighted by atomic mass is 9.84. The van der Waals surface area contributed by atoms with Crippen LogP contribution in [0.1, 0.15) is 31.4 Å². The molecule has 1 saturated carbocycles. The van der Waals surface area contributed by atoms with Gasteiger partial charge in [0.25, 0.3) is 0 Å². The molecule has 0 bridgehead atoms. The van der Waals surface area contributed by atoms with E-state index in [1.165, 1.54) is 25.7 Å². The van der Waals surface area contributed by atoms with E-state index < -0.39 is 0 Å². The first-order chi connectivity index (χ1) is 9.69. The van der Waals surface area contributed by atoms with Crippen LogP contribution in [0.5, 0.6) is 0 Å². The van der Waals surface area contributed by atoms with E-state index in [0.29, 0.717) is 12.0 Å². The second kappa shape index (κ2) is 5.40. The zero-order chi connectivity index (χ0) is 14.1. The number of nitrogens with two attached hydrogens (primary N) is 1. The molecular weight excluding hydrogens is 250 g/mol. The van der Waals surface area contributed by atoms with E-state index in [0.717, 1.165) is 29.0 Å². The number of rotatable bonds is 3. The van der Waals surface area contributed by atoms with E-state index in [4.69, 9.17) is 5.73 Å². The molecule has 0 saturated heterocycles. The van der Waals surface area contributed by atoms with Gasteiger partial charge in [-0.25, -0.2) is 4.98 Å². The van der Waals surface area contributed by atoms with Gasteiger partial charge in [0.15, 0.2) is 5.65 Å². The summed E-state index contributed by atoms with van der Waals surface area (Å²) in [6.07, 6.45) is 6.93. The molecule has 0 amide bonds. The minimum absolute atomic E-state index is 0.477. The van der Waals surface area contributed by atoms with Crippen molar-refractivity contribution in [2.45, 2.75) is 38.6 Å². The molecule has 1 aliphatic carbocycles. The molecule has 0 aromatic carbocycles. The third-order valence-electron chi connectivity index (χ3n) is 4.43. The Kier molecular flexibility index (Phi) is 3.61. The van der Waals surface area contributed by atoms with Crippen molar-refractivity contribution in [3.05, 3.63) is 18.0 Å². The topological polar surface area (TPSA) is 68.8 Å². The molecule has 0 radical (unpaired) electrons. The van der Waals surface area contributed by atoms with Crippen molar-refractivity contribution in [1.82, 2.24) is 14.8 Å². The number of hydrogen-bond acceptors (Lipinski definition) is 4. The quantitative estimate of drug-likeness (QED) is 0.899. The van der Waals surface area contributed by atoms with Crippen LogP contribution >= 0.6 is 0 Å². The van der Waals surface area contributed by atoms with Crippen molar-refractivity contribution >= 4 is 16.7 Å². The molecular formula is C15H23N5. The molecule has 1 fully saturated rings. The number of nitrogens with zero attached hydrogens (tertiary/aromatic N) is 3. The summed E-state index contributed by atoms with van der Waals surface area (Å²) in [5.74, 6) is 0.578. The summed E-state index contributed by atoms with van der Waals surface area (Å²) in [6, 6.07) is 2.64. The maximum absolute atomic E-state index is 5.90. The zero-order valence-corrected chi connectivity index (χ0v) is 12.3. The summed E-state index contributed by atoms with van der Waals surface area (Å²) in [4.78, 5) is 4.52. The molecule has 3 rings (SSSR count). The summed E-state index contributed by atoms with van der Waals surface area (Å²) in [5.41, 5.74) is 8.94. The van der Waals surface area contributed by atoms with Gasteiger partial charge in [0.05, 0.1) is 17.6 Å². The van der Waals surface area contributed by atoms with Crippen LogP contribution in [0.2, 0.25) is 0 Å². The van der Waals surface area contributed by atoms with E-state index in [1.807, 2.05) is 24.9 Å². The molecule has 0 aliphatic heterocycles. The highest BCUT2D eigenvalue weighted by molar-refractivity contribution is 5.81. The van der Waals surface area contributed by atoms with E-state index in [9.17, 15) is 0 Å². The standard InChI is InChI=1S/C15H23N5/c1-10-13-7-12(9-17-15(13)20(2)19-10)18-14-6-4-3-5-11(14)8-16/h7,9,11,14,18H,3-6,8,16H2,1-2H3. The fraction of sp³-hybridized carbons (Fsp3) is 0.600. The maximum atomic E-state index is 5.90. The summed E-state index contributed by atoms with van der Waals surface area (Å²) in [5, 5.41) is 9.17. The van der Waals surface area contributed by atoms with Crippen LogP contribution < -0.4 is 11.1 Å². The summed E-state index contributed by atoms with van der Waals surface area (Å²) in [6.45, 7) is 2.79. The first-order valence-electron chi connectivity index (χ1n) is 7.45. The average molecular weight is 273 g/mol. The number of fused-ring (bicyclic) bond motifs is 1. The van der Waals surface area contributed by atoms with Crippen molar-refractivity contribution in [1.29, 1.82) is 0 Å². The molecule has 1 aliphatic rings. The first-order valence-corrected chi connectivity index (χ1v) is 7.45. The lowest BCUT2D eigenvalue weighted by Gasteiger charge is -2.32. The van der Waals surface area contributed by atoms with Crippen LogP contribution in [0, 0.1) is 12.8 Å². The highest BCUT2D eigenvalue weighted by Gasteiger charge is 2.23. The van der Waals surface area contributed by atoms with E-state index >= 15 is 0 Å². The second-order valence-electron chi connectivity index (χ2n) is 5.84. The Labute approximate surface area is 119 Å². The predicted octanol–water partition coefficient (Wildman–Crippen LogP) is 2.21. The Morgan fingerprint density at radius 3 is 3.00 bits per heavy atom. The van der Waals surface area contributed by atoms with Crippen LogP contribution in [-0.4, -0.2) is 27.4 Å². The third-order valence-corrected chi connectivity index (χ3v) is 4.43. The lowest BCUT2D eigenvalue weighted by Crippen LogP contribution is -2.36. The van der Waals surface area contributed by atoms with Crippen LogP contribution in [0.15, 0.2) is 12.3 Å². The minimum atomic E-state index is 0.477. The molecule has 5 nitrogen and oxygen atoms in total. The number of hydrogen-bond donors (Lipinski definition) is 2. The predicted molar refractivity (Wildman–Crippen MR) is 81.7 cm³/mol. The smallest absolute Gasteiger partial charge is 0.157 e. The van der Waals surface area contributed by atoms with E-state index in [-0.39, 0.29) is 0 Å². The summed E-state index contributed by atoms with van der Waals surface area (Å²) < 4.78 is 1.83. The van der Waals surface area contributed by atoms with Crippen molar-refractivity contribution < 1.29 is 0 Å². The Morgan fingerprint density at radius 1 is 1.40 bits per heavy atom. The molecule has 2 heterocycles. The molecule has 2 aromatic rings. The number of aromatic nitrogens is 3. The first kappa shape index (κ1) is 13.4. The van der Waals surface area contributed by atoms with Crippen molar-refractivity contribution in [3.63, 3.8) is 0 Å². The van der Waals surface area contributed by atoms with Crippen molar-refractivity contribution in [3.8, 4) is 0 Å². The van der Waals surface area contributed by atoms with Crippen molar-refractivity contribution in [2.75, 3.05) is 11.9 Å². The SMILES string of the molecule is Cc1nn(C)c2ncc(NC3CCCCC3CN)cc12. The van der Waals surface area contributed by atoms with E-state index in [1.54, 1.807) is 0 Å². The highest BCUT2D eigenvalue weighted by Crippen LogP contribution is 2.27. The van der Waals surface area contributed by atoms with Gasteiger partial charge in [-0.15, -0.1) is 0 Å². The molecule has 5 heteroatoms. The van der Waals surface area contributed by atoms with E-state index in [2.05, 4.69) is 21.5 Å². The largest absolute Gasteiger partial charge is 0.381 e. The average Bonchev–Trinajstić information content (AvgIpc) is 2.74. The van der Waals surface area contributed by atoms with Gasteiger partial charge in [0, 0.05) is 18.5 Å². The molecule has 3 N–H and O–H groups in total. The van der Waals surface area contributed by atoms with Crippen LogP contribution in [-0.2, 0) is 7.05 Å². The van der Waals surface area contributed by atoms with Crippen LogP contribution in [0.3, 0.4) is 0 Å². The zero-order valence-electron chi connectivity index (χ0n) is 12.3. The van der Waals surface area contributed by atoms with Gasteiger partial charge in [-0.1, -0.05) is 12.8 Å². The van der Waals surface area contributed by atoms with Gasteiger partial charge < -0.3 is 11.1 Å². The second-order valence-corrected chi connectivity index (χ2v) is 5.84. The highest BCUT2D eigenvalue weighted by atomic mass is 15.3. The normalized spacial score (nSPS) is 23.1. The number of anilines is 1. The molecule has 2 aromatic heterocycles. The molecule has 2 unspecified atom stereocenters. The molecule has 2 atom stereocenters. The van der Waals surface area contributed by atoms with Crippen LogP contribution in [0.25, 0.3) is 11.0 Å². The van der Waals surface area contributed by atoms with Gasteiger partial charge in [-0.05, 0) is 38.3 Å². The van der Waals surface area contributed by atoms with Crippen molar-refractivity contribution in [2.24, 2.45) is 18.7 Å². The Bertz CT molecular complexity index is 604. The van der Waals surface area contributed by atoms with Gasteiger partial charge in [0.2, 0.25) is 0 Å². The molecule has 20 heavy (non-hydrogen) atoms. The lowest BCUT2D eigenvalue weighted by molar-refractivity contribution is 0.332. The van der Waals surface area contributed by atoms with Gasteiger partial charge >= 0.3 is 0 Å². The van der Waals surface area contributed by atoms with Crippen LogP contribution in [0.4, 0.5) is 5.69 Å². The Balaban J connectivity index is 1.85. The number of aryl methyl sites for hydroxylation is 2. The number of nitrogens with one attached hydrogen (secondary N) is 1. The monoisotopic (exact) mass is 273 g/mol. The third kappa shape index (κ3) is 2.38. The maximum Gasteiger partial charge on any atom is 0.157 e. The molecule has 108 valence electrons. The fourth-order valence-corrected chi connectivity index (χ4v) is 3.28. The minimum Gasteiger partial charge on any atom is -0.381 e. The number of pyridine rings is 1.